The topological polar surface area (TPSA) is 99.9 Å². The van der Waals surface area contributed by atoms with Crippen LogP contribution < -0.4 is 14.8 Å². The first-order valence-corrected chi connectivity index (χ1v) is 9.49. The molecule has 1 aromatic heterocycles. The molecule has 0 saturated heterocycles. The highest BCUT2D eigenvalue weighted by atomic mass is 16.5. The van der Waals surface area contributed by atoms with Crippen LogP contribution in [0, 0.1) is 6.92 Å². The van der Waals surface area contributed by atoms with Gasteiger partial charge in [0.2, 0.25) is 5.89 Å². The van der Waals surface area contributed by atoms with Gasteiger partial charge in [-0.3, -0.25) is 4.79 Å². The van der Waals surface area contributed by atoms with Crippen molar-refractivity contribution in [3.05, 3.63) is 60.0 Å². The number of rotatable bonds is 5. The first-order chi connectivity index (χ1) is 14.6. The number of aromatic nitrogens is 1. The Bertz CT molecular complexity index is 1060. The molecule has 1 aliphatic heterocycles. The molecule has 1 N–H and O–H groups in total. The lowest BCUT2D eigenvalue weighted by molar-refractivity contribution is -0.119. The number of anilines is 1. The molecule has 0 aliphatic carbocycles. The fraction of sp³-hybridized carbons (Fsp3) is 0.227. The van der Waals surface area contributed by atoms with E-state index in [1.54, 1.807) is 25.1 Å². The summed E-state index contributed by atoms with van der Waals surface area (Å²) in [4.78, 5) is 28.7. The maximum absolute atomic E-state index is 12.3. The summed E-state index contributed by atoms with van der Waals surface area (Å²) in [7, 11) is 0. The molecule has 4 rings (SSSR count). The number of ether oxygens (including phenoxy) is 3. The van der Waals surface area contributed by atoms with Gasteiger partial charge in [-0.25, -0.2) is 9.78 Å². The van der Waals surface area contributed by atoms with E-state index in [1.807, 2.05) is 30.3 Å². The normalized spacial score (nSPS) is 12.7. The number of aryl methyl sites for hydroxylation is 1. The molecular weight excluding hydrogens is 388 g/mol. The first kappa shape index (κ1) is 19.5. The lowest BCUT2D eigenvalue weighted by atomic mass is 10.2. The van der Waals surface area contributed by atoms with Crippen molar-refractivity contribution in [2.75, 3.05) is 25.1 Å². The van der Waals surface area contributed by atoms with E-state index in [9.17, 15) is 9.59 Å². The summed E-state index contributed by atoms with van der Waals surface area (Å²) < 4.78 is 21.8. The van der Waals surface area contributed by atoms with Crippen LogP contribution in [0.5, 0.6) is 11.5 Å². The van der Waals surface area contributed by atoms with Gasteiger partial charge in [0, 0.05) is 23.7 Å². The van der Waals surface area contributed by atoms with Crippen molar-refractivity contribution in [1.82, 2.24) is 4.98 Å². The van der Waals surface area contributed by atoms with Crippen LogP contribution in [0.25, 0.3) is 11.5 Å². The molecule has 0 atom stereocenters. The van der Waals surface area contributed by atoms with Crippen LogP contribution in [0.15, 0.2) is 52.9 Å². The smallest absolute Gasteiger partial charge is 0.361 e. The Morgan fingerprint density at radius 3 is 2.63 bits per heavy atom. The van der Waals surface area contributed by atoms with Crippen LogP contribution in [0.3, 0.4) is 0 Å². The highest BCUT2D eigenvalue weighted by Gasteiger charge is 2.20. The third kappa shape index (κ3) is 4.43. The predicted molar refractivity (Wildman–Crippen MR) is 108 cm³/mol. The number of nitrogens with zero attached hydrogens (tertiary/aromatic N) is 1. The van der Waals surface area contributed by atoms with Gasteiger partial charge in [-0.15, -0.1) is 0 Å². The minimum atomic E-state index is -0.729. The zero-order valence-electron chi connectivity index (χ0n) is 16.3. The Morgan fingerprint density at radius 2 is 1.83 bits per heavy atom. The fourth-order valence-electron chi connectivity index (χ4n) is 2.93. The number of carbonyl (C=O) groups is 2. The van der Waals surface area contributed by atoms with Crippen LogP contribution in [-0.4, -0.2) is 36.7 Å². The van der Waals surface area contributed by atoms with Crippen LogP contribution in [0.1, 0.15) is 22.7 Å². The minimum Gasteiger partial charge on any atom is -0.490 e. The highest BCUT2D eigenvalue weighted by molar-refractivity contribution is 5.95. The summed E-state index contributed by atoms with van der Waals surface area (Å²) in [5.41, 5.74) is 1.30. The van der Waals surface area contributed by atoms with E-state index in [4.69, 9.17) is 18.6 Å². The molecule has 2 aromatic carbocycles. The summed E-state index contributed by atoms with van der Waals surface area (Å²) in [5.74, 6) is 0.620. The van der Waals surface area contributed by atoms with Gasteiger partial charge in [-0.1, -0.05) is 18.2 Å². The van der Waals surface area contributed by atoms with E-state index in [-0.39, 0.29) is 5.69 Å². The van der Waals surface area contributed by atoms with Crippen LogP contribution >= 0.6 is 0 Å². The van der Waals surface area contributed by atoms with Crippen molar-refractivity contribution < 1.29 is 28.2 Å². The lowest BCUT2D eigenvalue weighted by Crippen LogP contribution is -2.21. The average Bonchev–Trinajstić information content (AvgIpc) is 3.00. The third-order valence-electron chi connectivity index (χ3n) is 4.38. The molecule has 8 heteroatoms. The van der Waals surface area contributed by atoms with E-state index in [0.29, 0.717) is 42.1 Å². The minimum absolute atomic E-state index is 0.0391. The SMILES string of the molecule is Cc1oc(-c2ccccc2)nc1C(=O)OCC(=O)Nc1ccc2c(c1)OCCCO2. The zero-order chi connectivity index (χ0) is 20.9. The largest absolute Gasteiger partial charge is 0.490 e. The Hall–Kier alpha value is -3.81. The maximum Gasteiger partial charge on any atom is 0.361 e. The summed E-state index contributed by atoms with van der Waals surface area (Å²) in [6.45, 7) is 2.29. The van der Waals surface area contributed by atoms with Gasteiger partial charge >= 0.3 is 5.97 Å². The molecule has 3 aromatic rings. The molecule has 0 radical (unpaired) electrons. The lowest BCUT2D eigenvalue weighted by Gasteiger charge is -2.10. The van der Waals surface area contributed by atoms with E-state index < -0.39 is 18.5 Å². The summed E-state index contributed by atoms with van der Waals surface area (Å²) >= 11 is 0. The quantitative estimate of drug-likeness (QED) is 0.644. The zero-order valence-corrected chi connectivity index (χ0v) is 16.3. The van der Waals surface area contributed by atoms with Crippen molar-refractivity contribution in [3.63, 3.8) is 0 Å². The van der Waals surface area contributed by atoms with Crippen molar-refractivity contribution in [2.24, 2.45) is 0 Å². The second kappa shape index (κ2) is 8.69. The summed E-state index contributed by atoms with van der Waals surface area (Å²) in [6, 6.07) is 14.3. The number of hydrogen-bond acceptors (Lipinski definition) is 7. The van der Waals surface area contributed by atoms with Crippen LogP contribution in [-0.2, 0) is 9.53 Å². The second-order valence-electron chi connectivity index (χ2n) is 6.63. The average molecular weight is 408 g/mol. The summed E-state index contributed by atoms with van der Waals surface area (Å²) in [6.07, 6.45) is 0.791. The number of esters is 1. The Labute approximate surface area is 172 Å². The number of oxazole rings is 1. The first-order valence-electron chi connectivity index (χ1n) is 9.49. The van der Waals surface area contributed by atoms with Crippen molar-refractivity contribution >= 4 is 17.6 Å². The fourth-order valence-corrected chi connectivity index (χ4v) is 2.93. The second-order valence-corrected chi connectivity index (χ2v) is 6.63. The monoisotopic (exact) mass is 408 g/mol. The van der Waals surface area contributed by atoms with Gasteiger partial charge in [0.15, 0.2) is 23.8 Å². The Balaban J connectivity index is 1.36. The molecular formula is C22H20N2O6. The standard InChI is InChI=1S/C22H20N2O6/c1-14-20(24-21(30-14)15-6-3-2-4-7-15)22(26)29-13-19(25)23-16-8-9-17-18(12-16)28-11-5-10-27-17/h2-4,6-9,12H,5,10-11,13H2,1H3,(H,23,25). The molecule has 0 spiro atoms. The number of benzene rings is 2. The molecule has 8 nitrogen and oxygen atoms in total. The number of nitrogens with one attached hydrogen (secondary N) is 1. The highest BCUT2D eigenvalue weighted by Crippen LogP contribution is 2.32. The molecule has 30 heavy (non-hydrogen) atoms. The van der Waals surface area contributed by atoms with E-state index in [0.717, 1.165) is 12.0 Å². The third-order valence-corrected chi connectivity index (χ3v) is 4.38. The molecule has 1 aliphatic rings. The van der Waals surface area contributed by atoms with Crippen molar-refractivity contribution in [1.29, 1.82) is 0 Å². The van der Waals surface area contributed by atoms with Gasteiger partial charge in [-0.2, -0.15) is 0 Å². The molecule has 0 unspecified atom stereocenters. The van der Waals surface area contributed by atoms with Gasteiger partial charge in [0.25, 0.3) is 5.91 Å². The predicted octanol–water partition coefficient (Wildman–Crippen LogP) is 3.61. The van der Waals surface area contributed by atoms with Crippen molar-refractivity contribution in [3.8, 4) is 23.0 Å². The summed E-state index contributed by atoms with van der Waals surface area (Å²) in [5, 5.41) is 2.67. The Morgan fingerprint density at radius 1 is 1.07 bits per heavy atom. The van der Waals surface area contributed by atoms with Gasteiger partial charge < -0.3 is 23.9 Å². The Kier molecular flexibility index (Phi) is 5.65. The van der Waals surface area contributed by atoms with Crippen LogP contribution in [0.2, 0.25) is 0 Å². The van der Waals surface area contributed by atoms with Gasteiger partial charge in [0.1, 0.15) is 5.76 Å². The molecule has 1 amide bonds. The molecule has 0 bridgehead atoms. The molecule has 0 fully saturated rings. The van der Waals surface area contributed by atoms with E-state index in [1.165, 1.54) is 0 Å². The van der Waals surface area contributed by atoms with Gasteiger partial charge in [0.05, 0.1) is 13.2 Å². The number of carbonyl (C=O) groups excluding carboxylic acids is 2. The number of hydrogen-bond donors (Lipinski definition) is 1. The van der Waals surface area contributed by atoms with Crippen LogP contribution in [0.4, 0.5) is 5.69 Å². The van der Waals surface area contributed by atoms with E-state index in [2.05, 4.69) is 10.3 Å². The number of amides is 1. The molecule has 2 heterocycles. The molecule has 154 valence electrons. The maximum atomic E-state index is 12.3. The van der Waals surface area contributed by atoms with Crippen molar-refractivity contribution in [2.45, 2.75) is 13.3 Å². The molecule has 0 saturated carbocycles. The van der Waals surface area contributed by atoms with Gasteiger partial charge in [-0.05, 0) is 31.2 Å². The van der Waals surface area contributed by atoms with E-state index >= 15 is 0 Å². The number of fused-ring (bicyclic) bond motifs is 1.